The van der Waals surface area contributed by atoms with Crippen molar-refractivity contribution in [2.24, 2.45) is 5.41 Å². The summed E-state index contributed by atoms with van der Waals surface area (Å²) in [6.45, 7) is 3.80. The number of aliphatic hydroxyl groups excluding tert-OH is 1. The highest BCUT2D eigenvalue weighted by Gasteiger charge is 2.38. The summed E-state index contributed by atoms with van der Waals surface area (Å²) in [7, 11) is 0. The van der Waals surface area contributed by atoms with Crippen molar-refractivity contribution in [1.29, 1.82) is 0 Å². The van der Waals surface area contributed by atoms with Gasteiger partial charge in [0.2, 0.25) is 0 Å². The van der Waals surface area contributed by atoms with E-state index in [1.165, 1.54) is 23.9 Å². The lowest BCUT2D eigenvalue weighted by atomic mass is 9.75. The van der Waals surface area contributed by atoms with Gasteiger partial charge in [-0.05, 0) is 47.4 Å². The molecule has 0 aliphatic heterocycles. The molecule has 0 saturated carbocycles. The molecule has 0 heterocycles. The van der Waals surface area contributed by atoms with Gasteiger partial charge < -0.3 is 5.11 Å². The Morgan fingerprint density at radius 3 is 2.14 bits per heavy atom. The molecule has 1 atom stereocenters. The number of thioether (sulfide) groups is 1. The molecule has 2 aromatic carbocycles. The summed E-state index contributed by atoms with van der Waals surface area (Å²) < 4.78 is 38.8. The molecule has 7 heteroatoms. The van der Waals surface area contributed by atoms with Crippen LogP contribution in [-0.4, -0.2) is 10.9 Å². The molecular formula is C22H20ClF3O2S. The van der Waals surface area contributed by atoms with Crippen LogP contribution >= 0.6 is 23.4 Å². The van der Waals surface area contributed by atoms with Crippen LogP contribution in [0.2, 0.25) is 5.02 Å². The van der Waals surface area contributed by atoms with Crippen molar-refractivity contribution in [3.8, 4) is 0 Å². The second-order valence-corrected chi connectivity index (χ2v) is 9.49. The predicted octanol–water partition coefficient (Wildman–Crippen LogP) is 7.39. The fraction of sp³-hybridized carbons (Fsp3) is 0.318. The van der Waals surface area contributed by atoms with E-state index in [2.05, 4.69) is 0 Å². The molecule has 1 N–H and O–H groups in total. The number of rotatable bonds is 4. The SMILES string of the molecule is CC1(C)CC(=O)C(C(Sc2ccc(Cl)cc2)c2ccc(C(F)(F)F)cc2)=C(O)C1. The number of halogens is 4. The van der Waals surface area contributed by atoms with Crippen LogP contribution in [0.15, 0.2) is 64.8 Å². The highest BCUT2D eigenvalue weighted by Crippen LogP contribution is 2.47. The lowest BCUT2D eigenvalue weighted by Gasteiger charge is -2.32. The van der Waals surface area contributed by atoms with E-state index >= 15 is 0 Å². The maximum Gasteiger partial charge on any atom is 0.416 e. The Kier molecular flexibility index (Phi) is 6.06. The molecule has 1 unspecified atom stereocenters. The Hall–Kier alpha value is -1.92. The van der Waals surface area contributed by atoms with Crippen LogP contribution in [-0.2, 0) is 11.0 Å². The van der Waals surface area contributed by atoms with Crippen LogP contribution in [0.5, 0.6) is 0 Å². The van der Waals surface area contributed by atoms with Crippen molar-refractivity contribution in [3.05, 3.63) is 76.0 Å². The van der Waals surface area contributed by atoms with Gasteiger partial charge in [0.25, 0.3) is 0 Å². The third-order valence-corrected chi connectivity index (χ3v) is 6.31. The van der Waals surface area contributed by atoms with Crippen molar-refractivity contribution >= 4 is 29.1 Å². The summed E-state index contributed by atoms with van der Waals surface area (Å²) in [5.74, 6) is -0.192. The van der Waals surface area contributed by atoms with Crippen LogP contribution < -0.4 is 0 Å². The molecule has 0 amide bonds. The molecule has 154 valence electrons. The summed E-state index contributed by atoms with van der Waals surface area (Å²) in [6, 6.07) is 11.7. The average molecular weight is 441 g/mol. The molecule has 0 saturated heterocycles. The van der Waals surface area contributed by atoms with Crippen LogP contribution in [0, 0.1) is 5.41 Å². The fourth-order valence-corrected chi connectivity index (χ4v) is 4.76. The monoisotopic (exact) mass is 440 g/mol. The zero-order chi connectivity index (χ0) is 21.4. The Bertz CT molecular complexity index is 932. The van der Waals surface area contributed by atoms with Crippen LogP contribution in [0.1, 0.15) is 43.1 Å². The van der Waals surface area contributed by atoms with Gasteiger partial charge in [0, 0.05) is 22.8 Å². The van der Waals surface area contributed by atoms with Crippen molar-refractivity contribution in [3.63, 3.8) is 0 Å². The van der Waals surface area contributed by atoms with E-state index in [4.69, 9.17) is 11.6 Å². The standard InChI is InChI=1S/C22H20ClF3O2S/c1-21(2)11-17(27)19(18(28)12-21)20(29-16-9-7-15(23)8-10-16)13-3-5-14(6-4-13)22(24,25)26/h3-10,20,27H,11-12H2,1-2H3. The van der Waals surface area contributed by atoms with Gasteiger partial charge in [-0.2, -0.15) is 13.2 Å². The number of ketones is 1. The lowest BCUT2D eigenvalue weighted by molar-refractivity contribution is -0.137. The topological polar surface area (TPSA) is 37.3 Å². The number of allylic oxidation sites excluding steroid dienone is 1. The van der Waals surface area contributed by atoms with Crippen LogP contribution in [0.4, 0.5) is 13.2 Å². The third kappa shape index (κ3) is 5.17. The van der Waals surface area contributed by atoms with E-state index in [9.17, 15) is 23.1 Å². The maximum absolute atomic E-state index is 12.9. The smallest absolute Gasteiger partial charge is 0.416 e. The first kappa shape index (κ1) is 21.8. The molecule has 0 aromatic heterocycles. The summed E-state index contributed by atoms with van der Waals surface area (Å²) in [4.78, 5) is 13.7. The normalized spacial score (nSPS) is 18.1. The molecule has 2 aromatic rings. The second kappa shape index (κ2) is 8.07. The molecule has 0 radical (unpaired) electrons. The first-order valence-corrected chi connectivity index (χ1v) is 10.3. The minimum Gasteiger partial charge on any atom is -0.512 e. The average Bonchev–Trinajstić information content (AvgIpc) is 2.60. The van der Waals surface area contributed by atoms with E-state index in [0.717, 1.165) is 17.0 Å². The van der Waals surface area contributed by atoms with Gasteiger partial charge in [0.05, 0.1) is 16.4 Å². The Morgan fingerprint density at radius 1 is 1.03 bits per heavy atom. The third-order valence-electron chi connectivity index (χ3n) is 4.77. The van der Waals surface area contributed by atoms with Crippen molar-refractivity contribution < 1.29 is 23.1 Å². The van der Waals surface area contributed by atoms with Crippen LogP contribution in [0.3, 0.4) is 0 Å². The van der Waals surface area contributed by atoms with Gasteiger partial charge in [0.1, 0.15) is 5.76 Å². The lowest BCUT2D eigenvalue weighted by Crippen LogP contribution is -2.27. The van der Waals surface area contributed by atoms with Gasteiger partial charge in [-0.15, -0.1) is 11.8 Å². The Labute approximate surface area is 176 Å². The van der Waals surface area contributed by atoms with Crippen molar-refractivity contribution in [1.82, 2.24) is 0 Å². The zero-order valence-electron chi connectivity index (χ0n) is 15.9. The number of carbonyl (C=O) groups is 1. The number of Topliss-reactive ketones (excluding diaryl/α,β-unsaturated/α-hetero) is 1. The van der Waals surface area contributed by atoms with E-state index in [0.29, 0.717) is 17.0 Å². The number of alkyl halides is 3. The fourth-order valence-electron chi connectivity index (χ4n) is 3.39. The summed E-state index contributed by atoms with van der Waals surface area (Å²) in [5, 5.41) is 10.6. The molecule has 29 heavy (non-hydrogen) atoms. The number of hydrogen-bond donors (Lipinski definition) is 1. The van der Waals surface area contributed by atoms with E-state index in [1.54, 1.807) is 24.3 Å². The number of benzene rings is 2. The summed E-state index contributed by atoms with van der Waals surface area (Å²) in [6.07, 6.45) is -3.83. The van der Waals surface area contributed by atoms with E-state index in [-0.39, 0.29) is 29.0 Å². The van der Waals surface area contributed by atoms with Gasteiger partial charge in [-0.3, -0.25) is 4.79 Å². The quantitative estimate of drug-likeness (QED) is 0.503. The molecule has 2 nitrogen and oxygen atoms in total. The summed E-state index contributed by atoms with van der Waals surface area (Å²) in [5.41, 5.74) is -0.345. The zero-order valence-corrected chi connectivity index (χ0v) is 17.5. The van der Waals surface area contributed by atoms with E-state index in [1.807, 2.05) is 13.8 Å². The first-order valence-electron chi connectivity index (χ1n) is 9.01. The Morgan fingerprint density at radius 2 is 1.62 bits per heavy atom. The second-order valence-electron chi connectivity index (χ2n) is 7.87. The molecule has 0 fully saturated rings. The van der Waals surface area contributed by atoms with Crippen LogP contribution in [0.25, 0.3) is 0 Å². The van der Waals surface area contributed by atoms with E-state index < -0.39 is 17.0 Å². The van der Waals surface area contributed by atoms with Crippen molar-refractivity contribution in [2.45, 2.75) is 43.0 Å². The molecule has 1 aliphatic rings. The van der Waals surface area contributed by atoms with Gasteiger partial charge in [-0.1, -0.05) is 37.6 Å². The highest BCUT2D eigenvalue weighted by molar-refractivity contribution is 7.99. The maximum atomic E-state index is 12.9. The molecule has 1 aliphatic carbocycles. The van der Waals surface area contributed by atoms with Gasteiger partial charge >= 0.3 is 6.18 Å². The number of aliphatic hydroxyl groups is 1. The summed E-state index contributed by atoms with van der Waals surface area (Å²) >= 11 is 7.23. The van der Waals surface area contributed by atoms with Crippen molar-refractivity contribution in [2.75, 3.05) is 0 Å². The molecular weight excluding hydrogens is 421 g/mol. The molecule has 0 spiro atoms. The molecule has 3 rings (SSSR count). The van der Waals surface area contributed by atoms with Gasteiger partial charge in [-0.25, -0.2) is 0 Å². The predicted molar refractivity (Wildman–Crippen MR) is 109 cm³/mol. The highest BCUT2D eigenvalue weighted by atomic mass is 35.5. The Balaban J connectivity index is 2.04. The minimum absolute atomic E-state index is 0.00221. The number of hydrogen-bond acceptors (Lipinski definition) is 3. The molecule has 0 bridgehead atoms. The number of carbonyl (C=O) groups excluding carboxylic acids is 1. The first-order chi connectivity index (χ1) is 13.5. The minimum atomic E-state index is -4.44. The largest absolute Gasteiger partial charge is 0.512 e. The van der Waals surface area contributed by atoms with Gasteiger partial charge in [0.15, 0.2) is 5.78 Å².